The first-order valence-electron chi connectivity index (χ1n) is 13.2. The maximum absolute atomic E-state index is 14.7. The van der Waals surface area contributed by atoms with E-state index < -0.39 is 17.8 Å². The number of likely N-dealkylation sites (tertiary alicyclic amines) is 2. The number of hydrogen-bond acceptors (Lipinski definition) is 6. The fourth-order valence-corrected chi connectivity index (χ4v) is 4.97. The second-order valence-electron chi connectivity index (χ2n) is 9.89. The van der Waals surface area contributed by atoms with Gasteiger partial charge in [-0.2, -0.15) is 0 Å². The van der Waals surface area contributed by atoms with Crippen LogP contribution in [0.4, 0.5) is 10.1 Å². The summed E-state index contributed by atoms with van der Waals surface area (Å²) in [5, 5.41) is 6.24. The van der Waals surface area contributed by atoms with Crippen molar-refractivity contribution in [1.29, 1.82) is 0 Å². The molecule has 2 aliphatic heterocycles. The predicted molar refractivity (Wildman–Crippen MR) is 144 cm³/mol. The third-order valence-electron chi connectivity index (χ3n) is 6.93. The third kappa shape index (κ3) is 6.24. The molecule has 0 spiro atoms. The van der Waals surface area contributed by atoms with Gasteiger partial charge in [-0.05, 0) is 63.3 Å². The summed E-state index contributed by atoms with van der Waals surface area (Å²) in [6, 6.07) is 7.04. The molecule has 11 heteroatoms. The van der Waals surface area contributed by atoms with Gasteiger partial charge in [-0.15, -0.1) is 0 Å². The van der Waals surface area contributed by atoms with Gasteiger partial charge in [-0.3, -0.25) is 24.7 Å². The monoisotopic (exact) mass is 534 g/mol. The van der Waals surface area contributed by atoms with E-state index in [0.29, 0.717) is 48.5 Å². The lowest BCUT2D eigenvalue weighted by Gasteiger charge is -2.25. The highest BCUT2D eigenvalue weighted by Gasteiger charge is 2.30. The number of amides is 3. The van der Waals surface area contributed by atoms with Crippen LogP contribution in [0.1, 0.15) is 48.2 Å². The minimum absolute atomic E-state index is 0.00566. The van der Waals surface area contributed by atoms with E-state index in [1.807, 2.05) is 0 Å². The molecule has 3 aromatic rings. The van der Waals surface area contributed by atoms with E-state index >= 15 is 0 Å². The lowest BCUT2D eigenvalue weighted by atomic mass is 10.1. The van der Waals surface area contributed by atoms with Crippen LogP contribution in [0.3, 0.4) is 0 Å². The molecular formula is C28H31FN6O4. The molecular weight excluding hydrogens is 503 g/mol. The number of aliphatic imine (C=N–C) groups is 1. The number of pyridine rings is 1. The highest BCUT2D eigenvalue weighted by molar-refractivity contribution is 6.10. The molecule has 1 aromatic carbocycles. The van der Waals surface area contributed by atoms with Crippen LogP contribution < -0.4 is 10.6 Å². The summed E-state index contributed by atoms with van der Waals surface area (Å²) in [5.74, 6) is -0.841. The van der Waals surface area contributed by atoms with Crippen LogP contribution in [0.2, 0.25) is 0 Å². The number of furan rings is 1. The Balaban J connectivity index is 1.41. The fourth-order valence-electron chi connectivity index (χ4n) is 4.97. The molecule has 0 saturated carbocycles. The number of carbonyl (C=O) groups is 3. The number of anilines is 1. The normalized spacial score (nSPS) is 18.4. The zero-order valence-electron chi connectivity index (χ0n) is 21.8. The first kappa shape index (κ1) is 26.3. The van der Waals surface area contributed by atoms with E-state index in [-0.39, 0.29) is 29.9 Å². The Morgan fingerprint density at radius 2 is 1.95 bits per heavy atom. The third-order valence-corrected chi connectivity index (χ3v) is 6.93. The van der Waals surface area contributed by atoms with Gasteiger partial charge in [0.25, 0.3) is 5.91 Å². The highest BCUT2D eigenvalue weighted by atomic mass is 19.1. The second-order valence-corrected chi connectivity index (χ2v) is 9.89. The van der Waals surface area contributed by atoms with Crippen molar-refractivity contribution in [3.63, 3.8) is 0 Å². The van der Waals surface area contributed by atoms with Gasteiger partial charge in [0.05, 0.1) is 12.1 Å². The SMILES string of the molecule is Cc1cc2cc(NC(=N[C@H]3CCCCN(CC(=O)N4CCCC4)C3=O)NC(=O)c3cccnc3)cc(F)c2o1. The number of nitrogens with zero attached hydrogens (tertiary/aromatic N) is 4. The number of guanidine groups is 1. The van der Waals surface area contributed by atoms with Gasteiger partial charge in [0.15, 0.2) is 11.4 Å². The van der Waals surface area contributed by atoms with Gasteiger partial charge >= 0.3 is 0 Å². The molecule has 0 aliphatic carbocycles. The molecule has 2 aliphatic rings. The van der Waals surface area contributed by atoms with Crippen LogP contribution in [-0.2, 0) is 9.59 Å². The lowest BCUT2D eigenvalue weighted by molar-refractivity contribution is -0.140. The van der Waals surface area contributed by atoms with Crippen LogP contribution in [0, 0.1) is 12.7 Å². The average molecular weight is 535 g/mol. The van der Waals surface area contributed by atoms with Gasteiger partial charge in [0.2, 0.25) is 17.8 Å². The first-order chi connectivity index (χ1) is 18.9. The summed E-state index contributed by atoms with van der Waals surface area (Å²) in [4.78, 5) is 51.2. The molecule has 4 heterocycles. The summed E-state index contributed by atoms with van der Waals surface area (Å²) in [5.41, 5.74) is 0.755. The number of fused-ring (bicyclic) bond motifs is 1. The molecule has 204 valence electrons. The van der Waals surface area contributed by atoms with Crippen LogP contribution in [0.25, 0.3) is 11.0 Å². The van der Waals surface area contributed by atoms with Crippen molar-refractivity contribution in [2.45, 2.75) is 45.1 Å². The highest BCUT2D eigenvalue weighted by Crippen LogP contribution is 2.26. The van der Waals surface area contributed by atoms with E-state index in [2.05, 4.69) is 20.6 Å². The largest absolute Gasteiger partial charge is 0.458 e. The molecule has 1 atom stereocenters. The van der Waals surface area contributed by atoms with E-state index in [4.69, 9.17) is 4.42 Å². The summed E-state index contributed by atoms with van der Waals surface area (Å²) in [6.45, 7) is 3.64. The topological polar surface area (TPSA) is 120 Å². The first-order valence-corrected chi connectivity index (χ1v) is 13.2. The Morgan fingerprint density at radius 3 is 2.72 bits per heavy atom. The maximum Gasteiger partial charge on any atom is 0.259 e. The molecule has 0 unspecified atom stereocenters. The van der Waals surface area contributed by atoms with Crippen molar-refractivity contribution in [3.8, 4) is 0 Å². The fraction of sp³-hybridized carbons (Fsp3) is 0.393. The number of halogens is 1. The number of carbonyl (C=O) groups excluding carboxylic acids is 3. The summed E-state index contributed by atoms with van der Waals surface area (Å²) < 4.78 is 20.2. The minimum Gasteiger partial charge on any atom is -0.458 e. The summed E-state index contributed by atoms with van der Waals surface area (Å²) in [7, 11) is 0. The number of benzene rings is 1. The Labute approximate surface area is 225 Å². The molecule has 5 rings (SSSR count). The number of rotatable bonds is 5. The average Bonchev–Trinajstić information content (AvgIpc) is 3.56. The van der Waals surface area contributed by atoms with E-state index in [1.54, 1.807) is 47.2 Å². The van der Waals surface area contributed by atoms with Crippen molar-refractivity contribution in [1.82, 2.24) is 20.1 Å². The zero-order valence-corrected chi connectivity index (χ0v) is 21.8. The molecule has 10 nitrogen and oxygen atoms in total. The van der Waals surface area contributed by atoms with E-state index in [0.717, 1.165) is 25.7 Å². The van der Waals surface area contributed by atoms with E-state index in [9.17, 15) is 18.8 Å². The smallest absolute Gasteiger partial charge is 0.259 e. The van der Waals surface area contributed by atoms with Crippen LogP contribution in [0.5, 0.6) is 0 Å². The Bertz CT molecular complexity index is 1400. The number of aromatic nitrogens is 1. The van der Waals surface area contributed by atoms with Crippen molar-refractivity contribution in [2.24, 2.45) is 4.99 Å². The lowest BCUT2D eigenvalue weighted by Crippen LogP contribution is -2.45. The van der Waals surface area contributed by atoms with Crippen LogP contribution in [0.15, 0.2) is 52.1 Å². The minimum atomic E-state index is -0.819. The van der Waals surface area contributed by atoms with Crippen molar-refractivity contribution >= 4 is 40.3 Å². The van der Waals surface area contributed by atoms with Gasteiger partial charge in [-0.25, -0.2) is 9.38 Å². The van der Waals surface area contributed by atoms with Gasteiger partial charge in [0, 0.05) is 49.2 Å². The maximum atomic E-state index is 14.7. The Kier molecular flexibility index (Phi) is 7.85. The molecule has 2 aromatic heterocycles. The van der Waals surface area contributed by atoms with Crippen molar-refractivity contribution in [2.75, 3.05) is 31.5 Å². The molecule has 2 saturated heterocycles. The molecule has 3 amide bonds. The molecule has 39 heavy (non-hydrogen) atoms. The quantitative estimate of drug-likeness (QED) is 0.382. The zero-order chi connectivity index (χ0) is 27.4. The molecule has 0 radical (unpaired) electrons. The van der Waals surface area contributed by atoms with Crippen LogP contribution >= 0.6 is 0 Å². The number of nitrogens with one attached hydrogen (secondary N) is 2. The van der Waals surface area contributed by atoms with Crippen molar-refractivity contribution in [3.05, 3.63) is 59.9 Å². The predicted octanol–water partition coefficient (Wildman–Crippen LogP) is 3.48. The Hall–Kier alpha value is -4.28. The van der Waals surface area contributed by atoms with Gasteiger partial charge in [0.1, 0.15) is 11.8 Å². The standard InChI is InChI=1S/C28H31FN6O4/c1-18-13-20-14-21(15-22(29)25(20)39-18)31-28(33-26(37)19-7-6-9-30-16-19)32-23-8-2-3-12-35(27(23)38)17-24(36)34-10-4-5-11-34/h6-7,9,13-16,23H,2-5,8,10-12,17H2,1H3,(H2,31,32,33,37)/t23-/m0/s1. The second kappa shape index (κ2) is 11.6. The van der Waals surface area contributed by atoms with Crippen LogP contribution in [-0.4, -0.2) is 70.7 Å². The molecule has 2 N–H and O–H groups in total. The van der Waals surface area contributed by atoms with Gasteiger partial charge < -0.3 is 19.5 Å². The van der Waals surface area contributed by atoms with Crippen molar-refractivity contribution < 1.29 is 23.2 Å². The summed E-state index contributed by atoms with van der Waals surface area (Å²) in [6.07, 6.45) is 6.85. The number of hydrogen-bond donors (Lipinski definition) is 2. The van der Waals surface area contributed by atoms with E-state index in [1.165, 1.54) is 12.3 Å². The van der Waals surface area contributed by atoms with Gasteiger partial charge in [-0.1, -0.05) is 0 Å². The molecule has 0 bridgehead atoms. The molecule has 2 fully saturated rings. The number of aryl methyl sites for hydroxylation is 1. The Morgan fingerprint density at radius 1 is 1.15 bits per heavy atom. The summed E-state index contributed by atoms with van der Waals surface area (Å²) >= 11 is 0.